The zero-order valence-corrected chi connectivity index (χ0v) is 44.3. The number of nitrogens with zero attached hydrogens (tertiary/aromatic N) is 1. The molecule has 412 valence electrons. The van der Waals surface area contributed by atoms with Gasteiger partial charge in [0, 0.05) is 26.2 Å². The van der Waals surface area contributed by atoms with Crippen molar-refractivity contribution in [3.05, 3.63) is 11.6 Å². The fourth-order valence-electron chi connectivity index (χ4n) is 16.6. The average molecular weight is 1020 g/mol. The summed E-state index contributed by atoms with van der Waals surface area (Å²) in [5.74, 6) is 1.88. The highest BCUT2D eigenvalue weighted by Crippen LogP contribution is 2.76. The average Bonchev–Trinajstić information content (AvgIpc) is 3.35. The summed E-state index contributed by atoms with van der Waals surface area (Å²) in [5, 5.41) is 90.7. The maximum Gasteiger partial charge on any atom is 0.226 e. The molecule has 8 fully saturated rings. The molecule has 0 radical (unpaired) electrons. The second-order valence-electron chi connectivity index (χ2n) is 25.3. The van der Waals surface area contributed by atoms with Crippen molar-refractivity contribution in [2.24, 2.45) is 56.7 Å². The number of fused-ring (bicyclic) bond motifs is 7. The lowest BCUT2D eigenvalue weighted by atomic mass is 9.33. The van der Waals surface area contributed by atoms with Crippen LogP contribution in [0.15, 0.2) is 11.6 Å². The van der Waals surface area contributed by atoms with Crippen LogP contribution in [0.1, 0.15) is 120 Å². The van der Waals surface area contributed by atoms with Gasteiger partial charge in [-0.3, -0.25) is 9.69 Å². The zero-order chi connectivity index (χ0) is 52.0. The van der Waals surface area contributed by atoms with Crippen molar-refractivity contribution in [2.45, 2.75) is 218 Å². The minimum Gasteiger partial charge on any atom is -0.394 e. The largest absolute Gasteiger partial charge is 0.394 e. The van der Waals surface area contributed by atoms with Crippen molar-refractivity contribution in [2.75, 3.05) is 46.0 Å². The van der Waals surface area contributed by atoms with Crippen LogP contribution >= 0.6 is 0 Å². The van der Waals surface area contributed by atoms with Crippen molar-refractivity contribution >= 4 is 5.91 Å². The summed E-state index contributed by atoms with van der Waals surface area (Å²) in [4.78, 5) is 17.1. The van der Waals surface area contributed by atoms with Gasteiger partial charge in [0.2, 0.25) is 5.91 Å². The number of hydrogen-bond acceptors (Lipinski definition) is 17. The first-order chi connectivity index (χ1) is 33.9. The predicted octanol–water partition coefficient (Wildman–Crippen LogP) is 1.98. The lowest BCUT2D eigenvalue weighted by Crippen LogP contribution is -2.68. The van der Waals surface area contributed by atoms with E-state index in [9.17, 15) is 45.6 Å². The van der Waals surface area contributed by atoms with E-state index >= 15 is 0 Å². The maximum absolute atomic E-state index is 14.7. The second-order valence-corrected chi connectivity index (χ2v) is 25.3. The van der Waals surface area contributed by atoms with Gasteiger partial charge in [-0.25, -0.2) is 0 Å². The molecule has 9 rings (SSSR count). The lowest BCUT2D eigenvalue weighted by Gasteiger charge is -2.71. The van der Waals surface area contributed by atoms with Crippen LogP contribution in [0.4, 0.5) is 0 Å². The number of aliphatic hydroxyl groups is 8. The number of aliphatic hydroxyl groups excluding tert-OH is 8. The molecule has 18 nitrogen and oxygen atoms in total. The number of carbonyl (C=O) groups is 1. The maximum atomic E-state index is 14.7. The lowest BCUT2D eigenvalue weighted by molar-refractivity contribution is -0.393. The van der Waals surface area contributed by atoms with Gasteiger partial charge in [-0.15, -0.1) is 0 Å². The van der Waals surface area contributed by atoms with Gasteiger partial charge in [0.1, 0.15) is 61.0 Å². The van der Waals surface area contributed by atoms with Gasteiger partial charge in [0.15, 0.2) is 18.9 Å². The second kappa shape index (κ2) is 20.7. The van der Waals surface area contributed by atoms with Crippen LogP contribution in [0.2, 0.25) is 0 Å². The highest BCUT2D eigenvalue weighted by Gasteiger charge is 2.70. The SMILES string of the molecule is C[C@H]1[C@H](C)CC[C@]2(C(=O)NCCN3CCOCC3)CC[C@]3(C)C(=CC[C@@H]4[C@@]5(C)CC[C@H](O[C@@H]6O[C@H](CO)[C@@H](O[C@@H]7O[C@@H](C)[C@H](O)[C@@H](O)[C@H]7O)[C@H](O)[C@H]6O[C@@H]6O[C@@H](C)[C@H](O)[C@@H](O)[C@H]6O)C(C)(C)[C@@H]5CC[C@]43C)[C@H]12. The number of nitrogens with one attached hydrogen (secondary N) is 1. The molecule has 18 heteroatoms. The van der Waals surface area contributed by atoms with Crippen LogP contribution in [0.5, 0.6) is 0 Å². The molecule has 0 spiro atoms. The molecule has 0 unspecified atom stereocenters. The van der Waals surface area contributed by atoms with E-state index in [0.717, 1.165) is 84.2 Å². The summed E-state index contributed by atoms with van der Waals surface area (Å²) in [5.41, 5.74) is 0.447. The van der Waals surface area contributed by atoms with E-state index in [-0.39, 0.29) is 34.0 Å². The van der Waals surface area contributed by atoms with Gasteiger partial charge in [-0.05, 0) is 123 Å². The summed E-state index contributed by atoms with van der Waals surface area (Å²) >= 11 is 0. The predicted molar refractivity (Wildman–Crippen MR) is 260 cm³/mol. The van der Waals surface area contributed by atoms with Crippen LogP contribution in [0.3, 0.4) is 0 Å². The molecule has 4 saturated carbocycles. The molecule has 0 aromatic rings. The standard InChI is InChI=1S/C54H90N2O16/c1-27-12-17-54(49(65)55-20-21-56-22-24-66-25-23-56)19-18-52(8)31(36(54)28(27)2)10-11-34-51(7)15-14-35(50(5,6)33(51)13-16-53(34,52)9)70-48-45(72-47-42(63)40(61)38(59)30(4)68-47)43(64)44(32(26-57)69-48)71-46-41(62)39(60)37(58)29(3)67-46/h10,27-30,32-48,57-64H,11-26H2,1-9H3,(H,55,65)/t27-,28+,29+,30+,32-,33+,34-,35+,36+,37+,38+,39-,40-,41-,42-,43+,44-,45-,46+,47+,48+,51+,52-,53-,54+/m1/s1. The van der Waals surface area contributed by atoms with Gasteiger partial charge in [-0.2, -0.15) is 0 Å². The topological polar surface area (TPSA) is 259 Å². The first kappa shape index (κ1) is 55.3. The Kier molecular flexibility index (Phi) is 15.9. The van der Waals surface area contributed by atoms with Crippen LogP contribution in [-0.2, 0) is 38.0 Å². The molecule has 0 aromatic heterocycles. The van der Waals surface area contributed by atoms with Gasteiger partial charge < -0.3 is 79.3 Å². The first-order valence-corrected chi connectivity index (χ1v) is 27.5. The molecule has 4 heterocycles. The minimum absolute atomic E-state index is 0.0258. The van der Waals surface area contributed by atoms with Crippen molar-refractivity contribution in [1.82, 2.24) is 10.2 Å². The molecule has 4 aliphatic heterocycles. The van der Waals surface area contributed by atoms with Gasteiger partial charge in [-0.1, -0.05) is 60.1 Å². The Labute approximate surface area is 426 Å². The number of ether oxygens (including phenoxy) is 7. The van der Waals surface area contributed by atoms with E-state index in [1.165, 1.54) is 19.4 Å². The summed E-state index contributed by atoms with van der Waals surface area (Å²) < 4.78 is 43.0. The third-order valence-electron chi connectivity index (χ3n) is 21.5. The van der Waals surface area contributed by atoms with Gasteiger partial charge >= 0.3 is 0 Å². The summed E-state index contributed by atoms with van der Waals surface area (Å²) in [6.45, 7) is 23.9. The number of hydrogen-bond donors (Lipinski definition) is 9. The van der Waals surface area contributed by atoms with Crippen LogP contribution in [0, 0.1) is 56.7 Å². The molecule has 5 aliphatic carbocycles. The smallest absolute Gasteiger partial charge is 0.226 e. The fourth-order valence-corrected chi connectivity index (χ4v) is 16.6. The van der Waals surface area contributed by atoms with Crippen molar-refractivity contribution in [3.8, 4) is 0 Å². The zero-order valence-electron chi connectivity index (χ0n) is 44.3. The molecule has 9 aliphatic rings. The highest BCUT2D eigenvalue weighted by molar-refractivity contribution is 5.84. The first-order valence-electron chi connectivity index (χ1n) is 27.5. The molecular weight excluding hydrogens is 933 g/mol. The Bertz CT molecular complexity index is 1940. The molecule has 25 atom stereocenters. The normalized spacial score (nSPS) is 52.7. The van der Waals surface area contributed by atoms with Crippen LogP contribution in [0.25, 0.3) is 0 Å². The Morgan fingerprint density at radius 1 is 0.694 bits per heavy atom. The van der Waals surface area contributed by atoms with Crippen LogP contribution < -0.4 is 5.32 Å². The Morgan fingerprint density at radius 2 is 1.32 bits per heavy atom. The van der Waals surface area contributed by atoms with E-state index in [4.69, 9.17) is 33.2 Å². The Morgan fingerprint density at radius 3 is 1.94 bits per heavy atom. The molecule has 1 amide bonds. The van der Waals surface area contributed by atoms with Gasteiger partial charge in [0.05, 0.1) is 43.5 Å². The summed E-state index contributed by atoms with van der Waals surface area (Å²) in [7, 11) is 0. The number of rotatable bonds is 11. The molecule has 4 saturated heterocycles. The van der Waals surface area contributed by atoms with Crippen molar-refractivity contribution in [3.63, 3.8) is 0 Å². The van der Waals surface area contributed by atoms with E-state index in [2.05, 4.69) is 64.8 Å². The monoisotopic (exact) mass is 1020 g/mol. The third kappa shape index (κ3) is 9.09. The summed E-state index contributed by atoms with van der Waals surface area (Å²) in [6.07, 6.45) is -11.5. The number of carbonyl (C=O) groups excluding carboxylic acids is 1. The molecule has 9 N–H and O–H groups in total. The van der Waals surface area contributed by atoms with E-state index < -0.39 is 116 Å². The Balaban J connectivity index is 0.960. The van der Waals surface area contributed by atoms with Crippen molar-refractivity contribution < 1.29 is 78.8 Å². The minimum atomic E-state index is -1.73. The quantitative estimate of drug-likeness (QED) is 0.106. The van der Waals surface area contributed by atoms with Gasteiger partial charge in [0.25, 0.3) is 0 Å². The van der Waals surface area contributed by atoms with E-state index in [1.807, 2.05) is 0 Å². The number of allylic oxidation sites excluding steroid dienone is 2. The van der Waals surface area contributed by atoms with E-state index in [1.54, 1.807) is 0 Å². The number of amides is 1. The molecular formula is C54H90N2O16. The summed E-state index contributed by atoms with van der Waals surface area (Å²) in [6, 6.07) is 0. The fraction of sp³-hybridized carbons (Fsp3) is 0.944. The molecule has 0 bridgehead atoms. The Hall–Kier alpha value is -1.43. The third-order valence-corrected chi connectivity index (χ3v) is 21.5. The number of morpholine rings is 1. The van der Waals surface area contributed by atoms with Crippen LogP contribution in [-0.4, -0.2) is 196 Å². The van der Waals surface area contributed by atoms with E-state index in [0.29, 0.717) is 30.7 Å². The highest BCUT2D eigenvalue weighted by atomic mass is 16.8. The van der Waals surface area contributed by atoms with Crippen molar-refractivity contribution in [1.29, 1.82) is 0 Å². The molecule has 72 heavy (non-hydrogen) atoms. The molecule has 0 aromatic carbocycles.